The molecule has 0 bridgehead atoms. The molecule has 0 aliphatic carbocycles. The zero-order valence-corrected chi connectivity index (χ0v) is 12.1. The van der Waals surface area contributed by atoms with E-state index in [1.54, 1.807) is 12.1 Å². The van der Waals surface area contributed by atoms with Gasteiger partial charge < -0.3 is 5.32 Å². The standard InChI is InChI=1S/C11H11BrN2O4S/c12-9-3-8(4-11(5-9)14(15)16)6-13-10-1-2-19(17,18)7-10/h1-5,10,13H,6-7H2. The molecular formula is C11H11BrN2O4S. The lowest BCUT2D eigenvalue weighted by atomic mass is 10.2. The molecule has 1 aliphatic rings. The van der Waals surface area contributed by atoms with Crippen LogP contribution in [0.15, 0.2) is 34.2 Å². The highest BCUT2D eigenvalue weighted by Crippen LogP contribution is 2.21. The van der Waals surface area contributed by atoms with Crippen molar-refractivity contribution in [1.82, 2.24) is 5.32 Å². The smallest absolute Gasteiger partial charge is 0.270 e. The fourth-order valence-electron chi connectivity index (χ4n) is 1.79. The number of hydrogen-bond donors (Lipinski definition) is 1. The van der Waals surface area contributed by atoms with E-state index in [-0.39, 0.29) is 17.5 Å². The van der Waals surface area contributed by atoms with Gasteiger partial charge in [0.2, 0.25) is 0 Å². The first kappa shape index (κ1) is 14.2. The number of hydrogen-bond acceptors (Lipinski definition) is 5. The van der Waals surface area contributed by atoms with E-state index in [0.717, 1.165) is 5.56 Å². The van der Waals surface area contributed by atoms with Crippen LogP contribution in [0.25, 0.3) is 0 Å². The first-order valence-corrected chi connectivity index (χ1v) is 7.95. The molecule has 102 valence electrons. The number of halogens is 1. The summed E-state index contributed by atoms with van der Waals surface area (Å²) in [5, 5.41) is 15.0. The SMILES string of the molecule is O=[N+]([O-])c1cc(Br)cc(CNC2C=CS(=O)(=O)C2)c1. The summed E-state index contributed by atoms with van der Waals surface area (Å²) in [6, 6.07) is 4.39. The van der Waals surface area contributed by atoms with Crippen LogP contribution in [0.4, 0.5) is 5.69 Å². The molecule has 0 saturated carbocycles. The minimum atomic E-state index is -3.09. The van der Waals surface area contributed by atoms with E-state index in [9.17, 15) is 18.5 Å². The van der Waals surface area contributed by atoms with E-state index in [2.05, 4.69) is 21.2 Å². The Labute approximate surface area is 118 Å². The van der Waals surface area contributed by atoms with Crippen LogP contribution < -0.4 is 5.32 Å². The summed E-state index contributed by atoms with van der Waals surface area (Å²) in [7, 11) is -3.09. The Balaban J connectivity index is 2.04. The lowest BCUT2D eigenvalue weighted by Gasteiger charge is -2.10. The van der Waals surface area contributed by atoms with Crippen LogP contribution in [0, 0.1) is 10.1 Å². The van der Waals surface area contributed by atoms with Crippen molar-refractivity contribution in [2.75, 3.05) is 5.75 Å². The molecule has 1 aromatic rings. The monoisotopic (exact) mass is 346 g/mol. The Kier molecular flexibility index (Phi) is 4.02. The zero-order valence-electron chi connectivity index (χ0n) is 9.74. The number of nitrogens with one attached hydrogen (secondary N) is 1. The first-order chi connectivity index (χ1) is 8.85. The Bertz CT molecular complexity index is 642. The quantitative estimate of drug-likeness (QED) is 0.662. The van der Waals surface area contributed by atoms with Crippen LogP contribution in [0.5, 0.6) is 0 Å². The highest BCUT2D eigenvalue weighted by Gasteiger charge is 2.21. The summed E-state index contributed by atoms with van der Waals surface area (Å²) in [6.45, 7) is 0.366. The van der Waals surface area contributed by atoms with Gasteiger partial charge in [0, 0.05) is 34.6 Å². The molecule has 1 heterocycles. The van der Waals surface area contributed by atoms with Crippen molar-refractivity contribution in [2.45, 2.75) is 12.6 Å². The van der Waals surface area contributed by atoms with Gasteiger partial charge in [-0.3, -0.25) is 10.1 Å². The molecule has 1 unspecified atom stereocenters. The van der Waals surface area contributed by atoms with Crippen molar-refractivity contribution in [3.63, 3.8) is 0 Å². The first-order valence-electron chi connectivity index (χ1n) is 5.44. The maximum atomic E-state index is 11.2. The molecule has 0 spiro atoms. The lowest BCUT2D eigenvalue weighted by Crippen LogP contribution is -2.29. The molecule has 0 aromatic heterocycles. The van der Waals surface area contributed by atoms with E-state index in [4.69, 9.17) is 0 Å². The number of non-ortho nitro benzene ring substituents is 1. The topological polar surface area (TPSA) is 89.3 Å². The molecule has 1 aliphatic heterocycles. The molecule has 0 saturated heterocycles. The van der Waals surface area contributed by atoms with E-state index in [1.165, 1.54) is 17.5 Å². The maximum absolute atomic E-state index is 11.2. The molecule has 1 N–H and O–H groups in total. The molecule has 6 nitrogen and oxygen atoms in total. The zero-order chi connectivity index (χ0) is 14.0. The predicted molar refractivity (Wildman–Crippen MR) is 74.4 cm³/mol. The third-order valence-corrected chi connectivity index (χ3v) is 4.50. The van der Waals surface area contributed by atoms with E-state index >= 15 is 0 Å². The third-order valence-electron chi connectivity index (χ3n) is 2.65. The van der Waals surface area contributed by atoms with E-state index < -0.39 is 14.8 Å². The van der Waals surface area contributed by atoms with Crippen LogP contribution in [0.1, 0.15) is 5.56 Å². The molecule has 1 atom stereocenters. The number of sulfone groups is 1. The van der Waals surface area contributed by atoms with Crippen molar-refractivity contribution in [3.8, 4) is 0 Å². The Morgan fingerprint density at radius 1 is 1.42 bits per heavy atom. The summed E-state index contributed by atoms with van der Waals surface area (Å²) in [5.74, 6) is 0.0308. The minimum absolute atomic E-state index is 0.000704. The van der Waals surface area contributed by atoms with Crippen molar-refractivity contribution >= 4 is 31.5 Å². The summed E-state index contributed by atoms with van der Waals surface area (Å²) in [5.41, 5.74) is 0.722. The van der Waals surface area contributed by atoms with Gasteiger partial charge in [0.15, 0.2) is 9.84 Å². The number of nitro groups is 1. The second kappa shape index (κ2) is 5.40. The summed E-state index contributed by atoms with van der Waals surface area (Å²) < 4.78 is 23.1. The van der Waals surface area contributed by atoms with Crippen LogP contribution in [0.2, 0.25) is 0 Å². The van der Waals surface area contributed by atoms with Crippen LogP contribution in [-0.4, -0.2) is 25.1 Å². The molecule has 1 aromatic carbocycles. The summed E-state index contributed by atoms with van der Waals surface area (Å²) in [4.78, 5) is 10.3. The fourth-order valence-corrected chi connectivity index (χ4v) is 3.59. The Hall–Kier alpha value is -1.25. The predicted octanol–water partition coefficient (Wildman–Crippen LogP) is 1.76. The summed E-state index contributed by atoms with van der Waals surface area (Å²) in [6.07, 6.45) is 1.59. The van der Waals surface area contributed by atoms with Gasteiger partial charge in [0.1, 0.15) is 0 Å². The number of rotatable bonds is 4. The van der Waals surface area contributed by atoms with Crippen LogP contribution in [-0.2, 0) is 16.4 Å². The normalized spacial score (nSPS) is 20.6. The van der Waals surface area contributed by atoms with Gasteiger partial charge in [-0.05, 0) is 11.6 Å². The van der Waals surface area contributed by atoms with Crippen molar-refractivity contribution < 1.29 is 13.3 Å². The van der Waals surface area contributed by atoms with Gasteiger partial charge in [-0.25, -0.2) is 8.42 Å². The van der Waals surface area contributed by atoms with Gasteiger partial charge in [-0.1, -0.05) is 22.0 Å². The molecule has 0 fully saturated rings. The van der Waals surface area contributed by atoms with Crippen molar-refractivity contribution in [2.24, 2.45) is 0 Å². The average Bonchev–Trinajstić information content (AvgIpc) is 2.65. The van der Waals surface area contributed by atoms with Gasteiger partial charge in [-0.2, -0.15) is 0 Å². The molecule has 2 rings (SSSR count). The second-order valence-electron chi connectivity index (χ2n) is 4.22. The van der Waals surface area contributed by atoms with Gasteiger partial charge in [-0.15, -0.1) is 0 Å². The van der Waals surface area contributed by atoms with Gasteiger partial charge in [0.05, 0.1) is 10.7 Å². The molecule has 8 heteroatoms. The minimum Gasteiger partial charge on any atom is -0.305 e. The molecule has 0 amide bonds. The van der Waals surface area contributed by atoms with Crippen LogP contribution in [0.3, 0.4) is 0 Å². The average molecular weight is 347 g/mol. The third kappa shape index (κ3) is 3.85. The van der Waals surface area contributed by atoms with E-state index in [1.807, 2.05) is 0 Å². The highest BCUT2D eigenvalue weighted by atomic mass is 79.9. The Morgan fingerprint density at radius 3 is 2.74 bits per heavy atom. The molecular weight excluding hydrogens is 336 g/mol. The Morgan fingerprint density at radius 2 is 2.16 bits per heavy atom. The van der Waals surface area contributed by atoms with Crippen LogP contribution >= 0.6 is 15.9 Å². The number of nitro benzene ring substituents is 1. The highest BCUT2D eigenvalue weighted by molar-refractivity contribution is 9.10. The number of nitrogens with zero attached hydrogens (tertiary/aromatic N) is 1. The lowest BCUT2D eigenvalue weighted by molar-refractivity contribution is -0.385. The van der Waals surface area contributed by atoms with Crippen molar-refractivity contribution in [3.05, 3.63) is 49.8 Å². The summed E-state index contributed by atoms with van der Waals surface area (Å²) >= 11 is 3.21. The van der Waals surface area contributed by atoms with Crippen molar-refractivity contribution in [1.29, 1.82) is 0 Å². The van der Waals surface area contributed by atoms with Gasteiger partial charge in [0.25, 0.3) is 5.69 Å². The molecule has 19 heavy (non-hydrogen) atoms. The molecule has 0 radical (unpaired) electrons. The van der Waals surface area contributed by atoms with Gasteiger partial charge >= 0.3 is 0 Å². The maximum Gasteiger partial charge on any atom is 0.270 e. The largest absolute Gasteiger partial charge is 0.305 e. The van der Waals surface area contributed by atoms with E-state index in [0.29, 0.717) is 11.0 Å². The second-order valence-corrected chi connectivity index (χ2v) is 7.07. The fraction of sp³-hybridized carbons (Fsp3) is 0.273. The number of benzene rings is 1.